The first kappa shape index (κ1) is 22.0. The van der Waals surface area contributed by atoms with Crippen LogP contribution in [0.4, 0.5) is 21.0 Å². The standard InChI is InChI=1S/C20H24N2O4S2/c23-19(21-16-8-3-1-4-9-16)25-14-18(15-28-13-7-12-27)26-20(24)22-17-10-5-2-6-11-17/h1-6,8-11,18,27H,7,12-15H2,(H,21,23)(H,22,24). The Hall–Kier alpha value is -2.32. The molecule has 0 radical (unpaired) electrons. The average molecular weight is 421 g/mol. The van der Waals surface area contributed by atoms with E-state index in [1.807, 2.05) is 36.4 Å². The monoisotopic (exact) mass is 420 g/mol. The van der Waals surface area contributed by atoms with Gasteiger partial charge in [-0.3, -0.25) is 10.6 Å². The second kappa shape index (κ2) is 13.0. The summed E-state index contributed by atoms with van der Waals surface area (Å²) in [6.45, 7) is -0.0330. The molecule has 1 atom stereocenters. The second-order valence-corrected chi connectivity index (χ2v) is 7.36. The van der Waals surface area contributed by atoms with E-state index in [-0.39, 0.29) is 6.61 Å². The van der Waals surface area contributed by atoms with Gasteiger partial charge >= 0.3 is 12.2 Å². The number of thiol groups is 1. The lowest BCUT2D eigenvalue weighted by Gasteiger charge is -2.18. The van der Waals surface area contributed by atoms with E-state index >= 15 is 0 Å². The number of benzene rings is 2. The molecule has 1 unspecified atom stereocenters. The molecule has 0 aliphatic carbocycles. The van der Waals surface area contributed by atoms with Gasteiger partial charge in [0.1, 0.15) is 12.7 Å². The van der Waals surface area contributed by atoms with Crippen LogP contribution in [0.5, 0.6) is 0 Å². The molecule has 8 heteroatoms. The maximum atomic E-state index is 12.1. The summed E-state index contributed by atoms with van der Waals surface area (Å²) in [7, 11) is 0. The smallest absolute Gasteiger partial charge is 0.412 e. The van der Waals surface area contributed by atoms with Crippen molar-refractivity contribution >= 4 is 48.0 Å². The molecule has 2 aromatic rings. The Morgan fingerprint density at radius 3 is 2.07 bits per heavy atom. The van der Waals surface area contributed by atoms with Gasteiger partial charge in [-0.25, -0.2) is 9.59 Å². The zero-order chi connectivity index (χ0) is 20.0. The van der Waals surface area contributed by atoms with E-state index in [1.54, 1.807) is 36.0 Å². The molecule has 0 fully saturated rings. The van der Waals surface area contributed by atoms with Gasteiger partial charge in [0, 0.05) is 17.1 Å². The predicted molar refractivity (Wildman–Crippen MR) is 118 cm³/mol. The van der Waals surface area contributed by atoms with Gasteiger partial charge in [-0.1, -0.05) is 36.4 Å². The lowest BCUT2D eigenvalue weighted by atomic mass is 10.3. The van der Waals surface area contributed by atoms with E-state index in [2.05, 4.69) is 23.3 Å². The fourth-order valence-electron chi connectivity index (χ4n) is 2.16. The topological polar surface area (TPSA) is 76.7 Å². The highest BCUT2D eigenvalue weighted by Gasteiger charge is 2.17. The summed E-state index contributed by atoms with van der Waals surface area (Å²) in [4.78, 5) is 24.1. The van der Waals surface area contributed by atoms with Crippen LogP contribution in [0.25, 0.3) is 0 Å². The number of anilines is 2. The predicted octanol–water partition coefficient (Wildman–Crippen LogP) is 4.91. The molecular weight excluding hydrogens is 396 g/mol. The minimum Gasteiger partial charge on any atom is -0.445 e. The molecule has 6 nitrogen and oxygen atoms in total. The number of carbonyl (C=O) groups excluding carboxylic acids is 2. The highest BCUT2D eigenvalue weighted by Crippen LogP contribution is 2.12. The lowest BCUT2D eigenvalue weighted by molar-refractivity contribution is 0.0674. The zero-order valence-corrected chi connectivity index (χ0v) is 17.1. The van der Waals surface area contributed by atoms with Gasteiger partial charge in [-0.2, -0.15) is 24.4 Å². The molecule has 150 valence electrons. The number of thioether (sulfide) groups is 1. The molecule has 28 heavy (non-hydrogen) atoms. The van der Waals surface area contributed by atoms with Crippen LogP contribution >= 0.6 is 24.4 Å². The molecule has 0 aromatic heterocycles. The Bertz CT molecular complexity index is 717. The van der Waals surface area contributed by atoms with Crippen LogP contribution in [0.3, 0.4) is 0 Å². The van der Waals surface area contributed by atoms with E-state index in [0.717, 1.165) is 17.9 Å². The Balaban J connectivity index is 1.83. The number of nitrogens with one attached hydrogen (secondary N) is 2. The molecule has 2 rings (SSSR count). The summed E-state index contributed by atoms with van der Waals surface area (Å²) in [6, 6.07) is 18.0. The van der Waals surface area contributed by atoms with Crippen LogP contribution in [0.15, 0.2) is 60.7 Å². The Kier molecular flexibility index (Phi) is 10.2. The van der Waals surface area contributed by atoms with E-state index in [4.69, 9.17) is 9.47 Å². The number of para-hydroxylation sites is 2. The fourth-order valence-corrected chi connectivity index (χ4v) is 3.48. The van der Waals surface area contributed by atoms with Crippen LogP contribution in [0, 0.1) is 0 Å². The Morgan fingerprint density at radius 1 is 0.929 bits per heavy atom. The molecule has 0 aliphatic heterocycles. The van der Waals surface area contributed by atoms with Crippen LogP contribution in [-0.2, 0) is 9.47 Å². The van der Waals surface area contributed by atoms with Gasteiger partial charge in [0.2, 0.25) is 0 Å². The third kappa shape index (κ3) is 9.05. The number of rotatable bonds is 10. The molecule has 2 amide bonds. The van der Waals surface area contributed by atoms with Crippen molar-refractivity contribution in [2.75, 3.05) is 34.5 Å². The van der Waals surface area contributed by atoms with Crippen molar-refractivity contribution in [1.29, 1.82) is 0 Å². The minimum atomic E-state index is -0.594. The van der Waals surface area contributed by atoms with Crippen LogP contribution in [0.2, 0.25) is 0 Å². The fraction of sp³-hybridized carbons (Fsp3) is 0.300. The first-order chi connectivity index (χ1) is 13.7. The van der Waals surface area contributed by atoms with Gasteiger partial charge in [-0.05, 0) is 42.2 Å². The van der Waals surface area contributed by atoms with E-state index in [9.17, 15) is 9.59 Å². The first-order valence-electron chi connectivity index (χ1n) is 8.87. The summed E-state index contributed by atoms with van der Waals surface area (Å²) in [5.41, 5.74) is 1.27. The van der Waals surface area contributed by atoms with Gasteiger partial charge in [-0.15, -0.1) is 0 Å². The third-order valence-electron chi connectivity index (χ3n) is 3.46. The number of hydrogen-bond acceptors (Lipinski definition) is 6. The number of ether oxygens (including phenoxy) is 2. The minimum absolute atomic E-state index is 0.0330. The molecule has 2 aromatic carbocycles. The molecule has 0 bridgehead atoms. The number of amides is 2. The highest BCUT2D eigenvalue weighted by molar-refractivity contribution is 7.99. The van der Waals surface area contributed by atoms with Gasteiger partial charge in [0.05, 0.1) is 0 Å². The first-order valence-corrected chi connectivity index (χ1v) is 10.7. The molecule has 2 N–H and O–H groups in total. The van der Waals surface area contributed by atoms with Crippen molar-refractivity contribution in [3.8, 4) is 0 Å². The van der Waals surface area contributed by atoms with Crippen molar-refractivity contribution in [3.05, 3.63) is 60.7 Å². The number of carbonyl (C=O) groups is 2. The van der Waals surface area contributed by atoms with E-state index in [0.29, 0.717) is 17.1 Å². The van der Waals surface area contributed by atoms with Crippen LogP contribution in [-0.4, -0.2) is 42.2 Å². The Labute approximate surface area is 174 Å². The summed E-state index contributed by atoms with van der Waals surface area (Å²) in [6.07, 6.45) is -0.789. The van der Waals surface area contributed by atoms with Crippen molar-refractivity contribution in [3.63, 3.8) is 0 Å². The lowest BCUT2D eigenvalue weighted by Crippen LogP contribution is -2.30. The van der Waals surface area contributed by atoms with Crippen molar-refractivity contribution < 1.29 is 19.1 Å². The van der Waals surface area contributed by atoms with Gasteiger partial charge < -0.3 is 9.47 Å². The molecule has 0 saturated heterocycles. The van der Waals surface area contributed by atoms with Gasteiger partial charge in [0.15, 0.2) is 0 Å². The zero-order valence-electron chi connectivity index (χ0n) is 15.4. The average Bonchev–Trinajstić information content (AvgIpc) is 2.70. The summed E-state index contributed by atoms with van der Waals surface area (Å²) >= 11 is 5.81. The normalized spacial score (nSPS) is 11.3. The largest absolute Gasteiger partial charge is 0.445 e. The van der Waals surface area contributed by atoms with E-state index < -0.39 is 18.3 Å². The van der Waals surface area contributed by atoms with Crippen molar-refractivity contribution in [2.45, 2.75) is 12.5 Å². The van der Waals surface area contributed by atoms with Crippen LogP contribution < -0.4 is 10.6 Å². The highest BCUT2D eigenvalue weighted by atomic mass is 32.2. The molecule has 0 aliphatic rings. The van der Waals surface area contributed by atoms with Crippen molar-refractivity contribution in [2.24, 2.45) is 0 Å². The molecule has 0 spiro atoms. The van der Waals surface area contributed by atoms with Crippen LogP contribution in [0.1, 0.15) is 6.42 Å². The summed E-state index contributed by atoms with van der Waals surface area (Å²) < 4.78 is 10.7. The molecule has 0 heterocycles. The van der Waals surface area contributed by atoms with Gasteiger partial charge in [0.25, 0.3) is 0 Å². The summed E-state index contributed by atoms with van der Waals surface area (Å²) in [5.74, 6) is 2.21. The number of hydrogen-bond donors (Lipinski definition) is 3. The second-order valence-electron chi connectivity index (χ2n) is 5.76. The Morgan fingerprint density at radius 2 is 1.50 bits per heavy atom. The van der Waals surface area contributed by atoms with E-state index in [1.165, 1.54) is 0 Å². The maximum absolute atomic E-state index is 12.1. The maximum Gasteiger partial charge on any atom is 0.412 e. The summed E-state index contributed by atoms with van der Waals surface area (Å²) in [5, 5.41) is 5.30. The molecule has 0 saturated carbocycles. The quantitative estimate of drug-likeness (QED) is 0.376. The van der Waals surface area contributed by atoms with Crippen molar-refractivity contribution in [1.82, 2.24) is 0 Å². The third-order valence-corrected chi connectivity index (χ3v) is 4.97. The SMILES string of the molecule is O=C(Nc1ccccc1)OCC(CSCCCS)OC(=O)Nc1ccccc1. The molecular formula is C20H24N2O4S2.